The summed E-state index contributed by atoms with van der Waals surface area (Å²) in [5.74, 6) is -0.146. The Balaban J connectivity index is 2.69. The van der Waals surface area contributed by atoms with Crippen molar-refractivity contribution in [3.8, 4) is 0 Å². The molecule has 1 aliphatic heterocycles. The second kappa shape index (κ2) is 1.99. The van der Waals surface area contributed by atoms with Gasteiger partial charge in [-0.2, -0.15) is 0 Å². The minimum absolute atomic E-state index is 0.146. The number of cyclic esters (lactones) is 1. The molecular formula is C6H8O2. The van der Waals surface area contributed by atoms with E-state index < -0.39 is 0 Å². The van der Waals surface area contributed by atoms with Crippen molar-refractivity contribution >= 4 is 5.97 Å². The van der Waals surface area contributed by atoms with Gasteiger partial charge in [0, 0.05) is 12.0 Å². The van der Waals surface area contributed by atoms with E-state index >= 15 is 0 Å². The van der Waals surface area contributed by atoms with Crippen molar-refractivity contribution in [1.82, 2.24) is 0 Å². The number of hydrogen-bond acceptors (Lipinski definition) is 2. The monoisotopic (exact) mass is 112 g/mol. The maximum atomic E-state index is 10.5. The summed E-state index contributed by atoms with van der Waals surface area (Å²) in [5.41, 5.74) is 0.810. The molecular weight excluding hydrogens is 104 g/mol. The topological polar surface area (TPSA) is 26.3 Å². The zero-order valence-electron chi connectivity index (χ0n) is 4.81. The highest BCUT2D eigenvalue weighted by Crippen LogP contribution is 2.11. The Kier molecular flexibility index (Phi) is 1.33. The van der Waals surface area contributed by atoms with Crippen LogP contribution in [0.15, 0.2) is 11.6 Å². The Morgan fingerprint density at radius 1 is 1.75 bits per heavy atom. The molecule has 1 rings (SSSR count). The van der Waals surface area contributed by atoms with Gasteiger partial charge in [0.05, 0.1) is 6.61 Å². The first-order valence-electron chi connectivity index (χ1n) is 2.67. The summed E-state index contributed by atoms with van der Waals surface area (Å²) >= 11 is 0. The third kappa shape index (κ3) is 0.735. The summed E-state index contributed by atoms with van der Waals surface area (Å²) in [7, 11) is 0. The fourth-order valence-corrected chi connectivity index (χ4v) is 0.711. The molecule has 2 nitrogen and oxygen atoms in total. The summed E-state index contributed by atoms with van der Waals surface area (Å²) < 4.78 is 4.65. The number of ether oxygens (including phenoxy) is 1. The first kappa shape index (κ1) is 5.35. The van der Waals surface area contributed by atoms with Crippen molar-refractivity contribution in [2.75, 3.05) is 6.61 Å². The van der Waals surface area contributed by atoms with Gasteiger partial charge in [-0.15, -0.1) is 0 Å². The van der Waals surface area contributed by atoms with Crippen LogP contribution in [-0.2, 0) is 9.53 Å². The molecule has 2 heteroatoms. The van der Waals surface area contributed by atoms with Gasteiger partial charge in [0.25, 0.3) is 0 Å². The minimum Gasteiger partial charge on any atom is -0.462 e. The zero-order chi connectivity index (χ0) is 5.98. The van der Waals surface area contributed by atoms with E-state index in [0.29, 0.717) is 6.61 Å². The predicted molar refractivity (Wildman–Crippen MR) is 29.3 cm³/mol. The Morgan fingerprint density at radius 2 is 2.50 bits per heavy atom. The van der Waals surface area contributed by atoms with E-state index in [1.54, 1.807) is 6.08 Å². The molecule has 0 atom stereocenters. The molecule has 1 saturated heterocycles. The van der Waals surface area contributed by atoms with Gasteiger partial charge in [-0.1, -0.05) is 6.08 Å². The fraction of sp³-hybridized carbons (Fsp3) is 0.500. The van der Waals surface area contributed by atoms with Crippen molar-refractivity contribution < 1.29 is 9.53 Å². The molecule has 0 radical (unpaired) electrons. The minimum atomic E-state index is -0.146. The number of hydrogen-bond donors (Lipinski definition) is 0. The first-order chi connectivity index (χ1) is 3.84. The molecule has 0 N–H and O–H groups in total. The zero-order valence-corrected chi connectivity index (χ0v) is 4.81. The molecule has 44 valence electrons. The molecule has 0 aromatic heterocycles. The maximum absolute atomic E-state index is 10.5. The lowest BCUT2D eigenvalue weighted by Gasteiger charge is -1.84. The average Bonchev–Trinajstić information content (AvgIpc) is 2.14. The van der Waals surface area contributed by atoms with Gasteiger partial charge in [0.15, 0.2) is 0 Å². The van der Waals surface area contributed by atoms with Crippen molar-refractivity contribution in [2.45, 2.75) is 13.3 Å². The third-order valence-corrected chi connectivity index (χ3v) is 1.22. The lowest BCUT2D eigenvalue weighted by atomic mass is 10.2. The second-order valence-corrected chi connectivity index (χ2v) is 1.70. The Morgan fingerprint density at radius 3 is 2.75 bits per heavy atom. The van der Waals surface area contributed by atoms with Gasteiger partial charge < -0.3 is 4.74 Å². The van der Waals surface area contributed by atoms with Gasteiger partial charge in [-0.05, 0) is 6.92 Å². The van der Waals surface area contributed by atoms with Crippen molar-refractivity contribution in [2.24, 2.45) is 0 Å². The average molecular weight is 112 g/mol. The van der Waals surface area contributed by atoms with Gasteiger partial charge in [-0.3, -0.25) is 0 Å². The molecule has 0 spiro atoms. The van der Waals surface area contributed by atoms with Crippen LogP contribution in [0.3, 0.4) is 0 Å². The normalized spacial score (nSPS) is 24.1. The molecule has 1 fully saturated rings. The molecule has 1 aliphatic rings. The van der Waals surface area contributed by atoms with E-state index in [1.165, 1.54) is 0 Å². The van der Waals surface area contributed by atoms with Gasteiger partial charge in [0.2, 0.25) is 0 Å². The Labute approximate surface area is 48.1 Å². The fourth-order valence-electron chi connectivity index (χ4n) is 0.711. The lowest BCUT2D eigenvalue weighted by molar-refractivity contribution is -0.135. The maximum Gasteiger partial charge on any atom is 0.333 e. The summed E-state index contributed by atoms with van der Waals surface area (Å²) in [4.78, 5) is 10.5. The Bertz CT molecular complexity index is 135. The van der Waals surface area contributed by atoms with E-state index in [2.05, 4.69) is 4.74 Å². The van der Waals surface area contributed by atoms with Crippen LogP contribution in [0.25, 0.3) is 0 Å². The Hall–Kier alpha value is -0.790. The summed E-state index contributed by atoms with van der Waals surface area (Å²) in [6.45, 7) is 2.42. The first-order valence-corrected chi connectivity index (χ1v) is 2.67. The van der Waals surface area contributed by atoms with Crippen molar-refractivity contribution in [1.29, 1.82) is 0 Å². The smallest absolute Gasteiger partial charge is 0.333 e. The second-order valence-electron chi connectivity index (χ2n) is 1.70. The number of carbonyl (C=O) groups is 1. The standard InChI is InChI=1S/C6H8O2/c1-2-5-3-4-8-6(5)7/h2H,3-4H2,1H3/b5-2-. The number of esters is 1. The van der Waals surface area contributed by atoms with Crippen LogP contribution >= 0.6 is 0 Å². The van der Waals surface area contributed by atoms with Crippen LogP contribution < -0.4 is 0 Å². The van der Waals surface area contributed by atoms with Gasteiger partial charge in [-0.25, -0.2) is 4.79 Å². The van der Waals surface area contributed by atoms with Crippen molar-refractivity contribution in [3.63, 3.8) is 0 Å². The molecule has 8 heavy (non-hydrogen) atoms. The molecule has 1 heterocycles. The summed E-state index contributed by atoms with van der Waals surface area (Å²) in [6, 6.07) is 0. The summed E-state index contributed by atoms with van der Waals surface area (Å²) in [6.07, 6.45) is 2.59. The largest absolute Gasteiger partial charge is 0.462 e. The molecule has 0 amide bonds. The quantitative estimate of drug-likeness (QED) is 0.343. The third-order valence-electron chi connectivity index (χ3n) is 1.22. The van der Waals surface area contributed by atoms with Crippen LogP contribution in [0.2, 0.25) is 0 Å². The van der Waals surface area contributed by atoms with Gasteiger partial charge in [0.1, 0.15) is 0 Å². The number of rotatable bonds is 0. The van der Waals surface area contributed by atoms with Crippen LogP contribution in [0, 0.1) is 0 Å². The lowest BCUT2D eigenvalue weighted by Crippen LogP contribution is -1.93. The van der Waals surface area contributed by atoms with E-state index in [1.807, 2.05) is 6.92 Å². The van der Waals surface area contributed by atoms with E-state index in [9.17, 15) is 4.79 Å². The summed E-state index contributed by atoms with van der Waals surface area (Å²) in [5, 5.41) is 0. The number of carbonyl (C=O) groups excluding carboxylic acids is 1. The van der Waals surface area contributed by atoms with E-state index in [4.69, 9.17) is 0 Å². The van der Waals surface area contributed by atoms with Crippen LogP contribution in [-0.4, -0.2) is 12.6 Å². The molecule has 0 aromatic carbocycles. The van der Waals surface area contributed by atoms with Crippen LogP contribution in [0.1, 0.15) is 13.3 Å². The number of allylic oxidation sites excluding steroid dienone is 1. The predicted octanol–water partition coefficient (Wildman–Crippen LogP) is 0.880. The highest BCUT2D eigenvalue weighted by atomic mass is 16.5. The highest BCUT2D eigenvalue weighted by Gasteiger charge is 2.16. The van der Waals surface area contributed by atoms with Crippen LogP contribution in [0.5, 0.6) is 0 Å². The van der Waals surface area contributed by atoms with Crippen LogP contribution in [0.4, 0.5) is 0 Å². The molecule has 0 aromatic rings. The van der Waals surface area contributed by atoms with Gasteiger partial charge >= 0.3 is 5.97 Å². The molecule has 0 bridgehead atoms. The van der Waals surface area contributed by atoms with Crippen molar-refractivity contribution in [3.05, 3.63) is 11.6 Å². The molecule has 0 unspecified atom stereocenters. The molecule has 0 aliphatic carbocycles. The van der Waals surface area contributed by atoms with E-state index in [0.717, 1.165) is 12.0 Å². The SMILES string of the molecule is C/C=C1/CCOC1=O. The van der Waals surface area contributed by atoms with E-state index in [-0.39, 0.29) is 5.97 Å². The highest BCUT2D eigenvalue weighted by molar-refractivity contribution is 5.90. The molecule has 0 saturated carbocycles.